The minimum atomic E-state index is -0.382. The molecule has 0 radical (unpaired) electrons. The van der Waals surface area contributed by atoms with Gasteiger partial charge in [-0.3, -0.25) is 19.9 Å². The van der Waals surface area contributed by atoms with Crippen LogP contribution in [0.5, 0.6) is 0 Å². The van der Waals surface area contributed by atoms with Gasteiger partial charge in [0.2, 0.25) is 0 Å². The predicted molar refractivity (Wildman–Crippen MR) is 112 cm³/mol. The second-order valence-electron chi connectivity index (χ2n) is 7.29. The van der Waals surface area contributed by atoms with Crippen LogP contribution in [0.15, 0.2) is 60.9 Å². The number of hydrogen-bond acceptors (Lipinski definition) is 5. The molecule has 148 valence electrons. The Labute approximate surface area is 168 Å². The Balaban J connectivity index is 1.38. The molecule has 1 fully saturated rings. The minimum absolute atomic E-state index is 0.0615. The number of hydrogen-bond donors (Lipinski definition) is 1. The van der Waals surface area contributed by atoms with Crippen molar-refractivity contribution >= 4 is 28.1 Å². The van der Waals surface area contributed by atoms with Crippen molar-refractivity contribution in [1.82, 2.24) is 9.88 Å². The Bertz CT molecular complexity index is 1030. The Morgan fingerprint density at radius 3 is 2.59 bits per heavy atom. The number of carbonyl (C=O) groups is 1. The predicted octanol–water partition coefficient (Wildman–Crippen LogP) is 4.11. The summed E-state index contributed by atoms with van der Waals surface area (Å²) >= 11 is 0. The maximum atomic E-state index is 12.6. The lowest BCUT2D eigenvalue weighted by Gasteiger charge is -2.32. The number of nitro benzene ring substituents is 1. The molecule has 3 aromatic rings. The van der Waals surface area contributed by atoms with Crippen molar-refractivity contribution < 1.29 is 9.72 Å². The molecule has 1 aromatic heterocycles. The van der Waals surface area contributed by atoms with E-state index >= 15 is 0 Å². The van der Waals surface area contributed by atoms with Crippen molar-refractivity contribution in [2.24, 2.45) is 5.92 Å². The number of rotatable bonds is 5. The third-order valence-electron chi connectivity index (χ3n) is 5.50. The lowest BCUT2D eigenvalue weighted by molar-refractivity contribution is -0.383. The number of likely N-dealkylation sites (tertiary alicyclic amines) is 1. The van der Waals surface area contributed by atoms with E-state index in [-0.39, 0.29) is 16.5 Å². The van der Waals surface area contributed by atoms with Gasteiger partial charge in [0, 0.05) is 54.7 Å². The van der Waals surface area contributed by atoms with Crippen molar-refractivity contribution in [2.75, 3.05) is 25.0 Å². The maximum Gasteiger partial charge on any atom is 0.278 e. The molecular weight excluding hydrogens is 368 g/mol. The zero-order valence-corrected chi connectivity index (χ0v) is 16.0. The Morgan fingerprint density at radius 1 is 1.10 bits per heavy atom. The Hall–Kier alpha value is -3.48. The number of piperidine rings is 1. The van der Waals surface area contributed by atoms with E-state index in [1.807, 2.05) is 35.2 Å². The largest absolute Gasteiger partial charge is 0.384 e. The lowest BCUT2D eigenvalue weighted by Crippen LogP contribution is -2.39. The fraction of sp³-hybridized carbons (Fsp3) is 0.273. The third-order valence-corrected chi connectivity index (χ3v) is 5.50. The second kappa shape index (κ2) is 8.26. The summed E-state index contributed by atoms with van der Waals surface area (Å²) < 4.78 is 0. The summed E-state index contributed by atoms with van der Waals surface area (Å²) in [6.07, 6.45) is 5.04. The summed E-state index contributed by atoms with van der Waals surface area (Å²) in [5.74, 6) is 0.535. The normalized spacial score (nSPS) is 14.7. The summed E-state index contributed by atoms with van der Waals surface area (Å²) in [5.41, 5.74) is 1.66. The monoisotopic (exact) mass is 390 g/mol. The van der Waals surface area contributed by atoms with Crippen LogP contribution in [0.4, 0.5) is 11.4 Å². The van der Waals surface area contributed by atoms with Crippen LogP contribution < -0.4 is 5.32 Å². The van der Waals surface area contributed by atoms with E-state index in [4.69, 9.17) is 0 Å². The molecule has 2 aromatic carbocycles. The van der Waals surface area contributed by atoms with Gasteiger partial charge in [-0.1, -0.05) is 18.2 Å². The van der Waals surface area contributed by atoms with Crippen LogP contribution >= 0.6 is 0 Å². The zero-order chi connectivity index (χ0) is 20.2. The highest BCUT2D eigenvalue weighted by Crippen LogP contribution is 2.31. The molecule has 7 nitrogen and oxygen atoms in total. The summed E-state index contributed by atoms with van der Waals surface area (Å²) in [6.45, 7) is 2.25. The number of pyridine rings is 1. The van der Waals surface area contributed by atoms with E-state index in [9.17, 15) is 14.9 Å². The number of amides is 1. The van der Waals surface area contributed by atoms with Crippen LogP contribution in [0.1, 0.15) is 23.2 Å². The number of benzene rings is 2. The van der Waals surface area contributed by atoms with Crippen LogP contribution in [0.3, 0.4) is 0 Å². The second-order valence-corrected chi connectivity index (χ2v) is 7.29. The highest BCUT2D eigenvalue weighted by atomic mass is 16.6. The van der Waals surface area contributed by atoms with Crippen LogP contribution in [-0.4, -0.2) is 40.3 Å². The molecule has 1 amide bonds. The number of aromatic nitrogens is 1. The molecule has 0 saturated carbocycles. The highest BCUT2D eigenvalue weighted by Gasteiger charge is 2.23. The molecular formula is C22H22N4O3. The standard InChI is InChI=1S/C22H22N4O3/c27-22(17-4-2-1-3-5-17)25-12-9-16(10-13-25)14-24-20-6-7-21(26(28)29)19-15-23-11-8-18(19)20/h1-8,11,15-16,24H,9-10,12-14H2. The van der Waals surface area contributed by atoms with Gasteiger partial charge in [0.15, 0.2) is 0 Å². The van der Waals surface area contributed by atoms with E-state index in [0.717, 1.165) is 49.1 Å². The van der Waals surface area contributed by atoms with Gasteiger partial charge in [-0.15, -0.1) is 0 Å². The van der Waals surface area contributed by atoms with Gasteiger partial charge in [0.25, 0.3) is 11.6 Å². The molecule has 0 unspecified atom stereocenters. The van der Waals surface area contributed by atoms with Gasteiger partial charge >= 0.3 is 0 Å². The quantitative estimate of drug-likeness (QED) is 0.523. The SMILES string of the molecule is O=C(c1ccccc1)N1CCC(CNc2ccc([N+](=O)[O-])c3cnccc23)CC1. The van der Waals surface area contributed by atoms with E-state index in [1.54, 1.807) is 18.3 Å². The molecule has 0 aliphatic carbocycles. The first-order chi connectivity index (χ1) is 14.1. The van der Waals surface area contributed by atoms with Crippen molar-refractivity contribution in [3.63, 3.8) is 0 Å². The molecule has 2 heterocycles. The number of fused-ring (bicyclic) bond motifs is 1. The highest BCUT2D eigenvalue weighted by molar-refractivity contribution is 5.99. The maximum absolute atomic E-state index is 12.6. The van der Waals surface area contributed by atoms with Crippen molar-refractivity contribution in [2.45, 2.75) is 12.8 Å². The van der Waals surface area contributed by atoms with Gasteiger partial charge in [0.1, 0.15) is 0 Å². The average molecular weight is 390 g/mol. The summed E-state index contributed by atoms with van der Waals surface area (Å²) in [4.78, 5) is 29.4. The first-order valence-corrected chi connectivity index (χ1v) is 9.73. The molecule has 0 spiro atoms. The molecule has 1 saturated heterocycles. The Morgan fingerprint density at radius 2 is 1.86 bits per heavy atom. The topological polar surface area (TPSA) is 88.4 Å². The average Bonchev–Trinajstić information content (AvgIpc) is 2.77. The van der Waals surface area contributed by atoms with Crippen molar-refractivity contribution in [3.05, 3.63) is 76.6 Å². The number of non-ortho nitro benzene ring substituents is 1. The summed E-state index contributed by atoms with van der Waals surface area (Å²) in [5, 5.41) is 16.0. The zero-order valence-electron chi connectivity index (χ0n) is 16.0. The van der Waals surface area contributed by atoms with E-state index in [0.29, 0.717) is 11.3 Å². The number of nitro groups is 1. The molecule has 1 aliphatic heterocycles. The van der Waals surface area contributed by atoms with Crippen molar-refractivity contribution in [1.29, 1.82) is 0 Å². The minimum Gasteiger partial charge on any atom is -0.384 e. The van der Waals surface area contributed by atoms with Gasteiger partial charge in [0.05, 0.1) is 10.3 Å². The van der Waals surface area contributed by atoms with Crippen LogP contribution in [0.2, 0.25) is 0 Å². The van der Waals surface area contributed by atoms with E-state index in [1.165, 1.54) is 12.3 Å². The molecule has 1 N–H and O–H groups in total. The number of anilines is 1. The van der Waals surface area contributed by atoms with Gasteiger partial charge < -0.3 is 10.2 Å². The van der Waals surface area contributed by atoms with Crippen LogP contribution in [0, 0.1) is 16.0 Å². The molecule has 0 bridgehead atoms. The Kier molecular flexibility index (Phi) is 5.37. The van der Waals surface area contributed by atoms with Gasteiger partial charge in [-0.2, -0.15) is 0 Å². The molecule has 7 heteroatoms. The molecule has 29 heavy (non-hydrogen) atoms. The molecule has 4 rings (SSSR count). The number of carbonyl (C=O) groups excluding carboxylic acids is 1. The van der Waals surface area contributed by atoms with E-state index in [2.05, 4.69) is 10.3 Å². The first-order valence-electron chi connectivity index (χ1n) is 9.73. The number of nitrogens with one attached hydrogen (secondary N) is 1. The molecule has 0 atom stereocenters. The third kappa shape index (κ3) is 4.03. The van der Waals surface area contributed by atoms with Crippen LogP contribution in [0.25, 0.3) is 10.8 Å². The lowest BCUT2D eigenvalue weighted by atomic mass is 9.96. The van der Waals surface area contributed by atoms with E-state index < -0.39 is 0 Å². The summed E-state index contributed by atoms with van der Waals surface area (Å²) in [7, 11) is 0. The fourth-order valence-corrected chi connectivity index (χ4v) is 3.85. The number of nitrogens with zero attached hydrogens (tertiary/aromatic N) is 3. The van der Waals surface area contributed by atoms with Crippen LogP contribution in [-0.2, 0) is 0 Å². The molecule has 1 aliphatic rings. The van der Waals surface area contributed by atoms with Gasteiger partial charge in [-0.25, -0.2) is 0 Å². The first kappa shape index (κ1) is 18.9. The fourth-order valence-electron chi connectivity index (χ4n) is 3.85. The summed E-state index contributed by atoms with van der Waals surface area (Å²) in [6, 6.07) is 14.5. The smallest absolute Gasteiger partial charge is 0.278 e. The van der Waals surface area contributed by atoms with Gasteiger partial charge in [-0.05, 0) is 43.0 Å². The van der Waals surface area contributed by atoms with Crippen molar-refractivity contribution in [3.8, 4) is 0 Å².